The Labute approximate surface area is 567 Å². The fourth-order valence-electron chi connectivity index (χ4n) is 8.81. The van der Waals surface area contributed by atoms with Gasteiger partial charge in [0, 0.05) is 22.3 Å². The molecule has 0 aromatic heterocycles. The highest BCUT2D eigenvalue weighted by atomic mass is 127. The van der Waals surface area contributed by atoms with Crippen molar-refractivity contribution in [3.05, 3.63) is 116 Å². The zero-order valence-corrected chi connectivity index (χ0v) is 60.1. The SMILES string of the molecule is CC(C)(C)OC(=O)COc1cc(-c2ccc(-c3ccc(-c4ccc(-c5ccc(-c6ccc(I)c(OCC(=O)OC(C)(C)C)c6)cc5OCC(=O)OC(C)(C)C)c(OCC(=O)OC(C)(C)C)c4)cc3OCC(=O)OC(C)(C)C)c(OCC(=O)OC(C)(C)C)c2)ccc1I. The zero-order valence-electron chi connectivity index (χ0n) is 55.7. The maximum Gasteiger partial charge on any atom is 0.344 e. The van der Waals surface area contributed by atoms with Gasteiger partial charge < -0.3 is 56.8 Å². The molecule has 0 saturated heterocycles. The number of hydrogen-bond acceptors (Lipinski definition) is 18. The lowest BCUT2D eigenvalue weighted by atomic mass is 9.94. The molecule has 0 N–H and O–H groups in total. The highest BCUT2D eigenvalue weighted by Gasteiger charge is 2.27. The summed E-state index contributed by atoms with van der Waals surface area (Å²) in [5.41, 5.74) is 1.08. The summed E-state index contributed by atoms with van der Waals surface area (Å²) < 4.78 is 72.6. The Bertz CT molecular complexity index is 3420. The van der Waals surface area contributed by atoms with Crippen molar-refractivity contribution in [3.63, 3.8) is 0 Å². The molecule has 0 aliphatic rings. The van der Waals surface area contributed by atoms with E-state index < -0.39 is 95.8 Å². The topological polar surface area (TPSA) is 213 Å². The molecule has 6 aromatic carbocycles. The number of ether oxygens (including phenoxy) is 12. The number of carbonyl (C=O) groups is 6. The predicted octanol–water partition coefficient (Wildman–Crippen LogP) is 15.6. The molecule has 494 valence electrons. The van der Waals surface area contributed by atoms with Crippen molar-refractivity contribution < 1.29 is 85.6 Å². The quantitative estimate of drug-likeness (QED) is 0.0331. The molecule has 6 rings (SSSR count). The average Bonchev–Trinajstić information content (AvgIpc) is 0.790. The van der Waals surface area contributed by atoms with E-state index in [4.69, 9.17) is 56.8 Å². The van der Waals surface area contributed by atoms with E-state index in [1.54, 1.807) is 185 Å². The van der Waals surface area contributed by atoms with Crippen LogP contribution in [0.5, 0.6) is 34.5 Å². The van der Waals surface area contributed by atoms with Crippen molar-refractivity contribution in [1.29, 1.82) is 0 Å². The number of benzene rings is 6. The lowest BCUT2D eigenvalue weighted by molar-refractivity contribution is -0.158. The minimum atomic E-state index is -0.832. The Morgan fingerprint density at radius 3 is 0.576 bits per heavy atom. The summed E-state index contributed by atoms with van der Waals surface area (Å²) in [4.78, 5) is 78.8. The van der Waals surface area contributed by atoms with Gasteiger partial charge in [0.25, 0.3) is 0 Å². The van der Waals surface area contributed by atoms with Crippen molar-refractivity contribution in [2.45, 2.75) is 158 Å². The standard InChI is InChI=1S/C72H84I2O18/c1-67(2,3)87-61(75)37-81-55-31-43(19-25-49(55)51-27-21-45(33-57(51)83-39-63(77)89-69(7,8)9)47-23-29-53(73)59(35-47)85-41-65(79)91-71(13,14)15)44-20-26-50(56(32-44)82-38-62(76)88-68(4,5)6)52-28-22-46(34-58(52)84-40-64(78)90-70(10,11)12)48-24-30-54(74)60(36-48)86-42-66(80)92-72(16,17)18/h19-36H,37-42H2,1-18H3. The minimum absolute atomic E-state index is 0.220. The molecule has 0 aliphatic heterocycles. The molecule has 0 unspecified atom stereocenters. The van der Waals surface area contributed by atoms with Crippen LogP contribution in [-0.2, 0) is 57.2 Å². The smallest absolute Gasteiger partial charge is 0.344 e. The summed E-state index contributed by atoms with van der Waals surface area (Å²) in [7, 11) is 0. The molecule has 92 heavy (non-hydrogen) atoms. The van der Waals surface area contributed by atoms with E-state index in [0.717, 1.165) is 7.14 Å². The van der Waals surface area contributed by atoms with E-state index >= 15 is 0 Å². The van der Waals surface area contributed by atoms with Gasteiger partial charge in [-0.05, 0) is 276 Å². The first kappa shape index (κ1) is 73.5. The van der Waals surface area contributed by atoms with E-state index in [0.29, 0.717) is 67.1 Å². The Hall–Kier alpha value is -7.60. The summed E-state index contributed by atoms with van der Waals surface area (Å²) in [6, 6.07) is 32.6. The van der Waals surface area contributed by atoms with Crippen molar-refractivity contribution in [1.82, 2.24) is 0 Å². The van der Waals surface area contributed by atoms with Gasteiger partial charge in [0.15, 0.2) is 39.6 Å². The number of rotatable bonds is 23. The molecule has 6 aromatic rings. The summed E-state index contributed by atoms with van der Waals surface area (Å²) in [5.74, 6) is -1.73. The van der Waals surface area contributed by atoms with Crippen molar-refractivity contribution in [2.24, 2.45) is 0 Å². The van der Waals surface area contributed by atoms with Crippen LogP contribution in [-0.4, -0.2) is 109 Å². The van der Waals surface area contributed by atoms with Gasteiger partial charge in [-0.1, -0.05) is 36.4 Å². The Morgan fingerprint density at radius 1 is 0.250 bits per heavy atom. The normalized spacial score (nSPS) is 12.0. The number of hydrogen-bond donors (Lipinski definition) is 0. The molecule has 0 saturated carbocycles. The van der Waals surface area contributed by atoms with Crippen molar-refractivity contribution in [2.75, 3.05) is 39.6 Å². The molecule has 0 bridgehead atoms. The third kappa shape index (κ3) is 24.1. The van der Waals surface area contributed by atoms with E-state index in [2.05, 4.69) is 45.2 Å². The van der Waals surface area contributed by atoms with Crippen LogP contribution in [0.2, 0.25) is 0 Å². The Kier molecular flexibility index (Phi) is 24.3. The van der Waals surface area contributed by atoms with Gasteiger partial charge in [-0.25, -0.2) is 28.8 Å². The number of esters is 6. The van der Waals surface area contributed by atoms with Gasteiger partial charge in [0.1, 0.15) is 68.1 Å². The van der Waals surface area contributed by atoms with Crippen LogP contribution in [0, 0.1) is 7.14 Å². The Morgan fingerprint density at radius 2 is 0.402 bits per heavy atom. The van der Waals surface area contributed by atoms with Gasteiger partial charge in [-0.3, -0.25) is 0 Å². The van der Waals surface area contributed by atoms with Gasteiger partial charge in [-0.15, -0.1) is 0 Å². The fraction of sp³-hybridized carbons (Fsp3) is 0.417. The molecular weight excluding hydrogens is 1410 g/mol. The zero-order chi connectivity index (χ0) is 68.3. The van der Waals surface area contributed by atoms with Gasteiger partial charge >= 0.3 is 35.8 Å². The first-order chi connectivity index (χ1) is 42.6. The molecule has 0 fully saturated rings. The average molecular weight is 1490 g/mol. The third-order valence-corrected chi connectivity index (χ3v) is 13.7. The number of halogens is 2. The van der Waals surface area contributed by atoms with Crippen LogP contribution in [0.4, 0.5) is 0 Å². The van der Waals surface area contributed by atoms with E-state index in [1.807, 2.05) is 48.5 Å². The largest absolute Gasteiger partial charge is 0.481 e. The van der Waals surface area contributed by atoms with Crippen LogP contribution in [0.1, 0.15) is 125 Å². The highest BCUT2D eigenvalue weighted by molar-refractivity contribution is 14.1. The highest BCUT2D eigenvalue weighted by Crippen LogP contribution is 2.45. The molecule has 0 heterocycles. The van der Waals surface area contributed by atoms with Crippen LogP contribution >= 0.6 is 45.2 Å². The molecule has 0 spiro atoms. The maximum absolute atomic E-state index is 13.4. The van der Waals surface area contributed by atoms with Crippen LogP contribution in [0.25, 0.3) is 55.6 Å². The first-order valence-corrected chi connectivity index (χ1v) is 32.0. The molecular formula is C72H84I2O18. The summed E-state index contributed by atoms with van der Waals surface area (Å²) in [6.07, 6.45) is 0. The molecule has 0 amide bonds. The third-order valence-electron chi connectivity index (χ3n) is 12.0. The molecule has 0 aliphatic carbocycles. The minimum Gasteiger partial charge on any atom is -0.481 e. The van der Waals surface area contributed by atoms with Gasteiger partial charge in [-0.2, -0.15) is 0 Å². The molecule has 0 atom stereocenters. The van der Waals surface area contributed by atoms with Crippen LogP contribution in [0.15, 0.2) is 109 Å². The monoisotopic (exact) mass is 1490 g/mol. The van der Waals surface area contributed by atoms with Crippen LogP contribution in [0.3, 0.4) is 0 Å². The second-order valence-corrected chi connectivity index (χ2v) is 29.7. The van der Waals surface area contributed by atoms with E-state index in [1.165, 1.54) is 0 Å². The molecule has 18 nitrogen and oxygen atoms in total. The maximum atomic E-state index is 13.4. The van der Waals surface area contributed by atoms with E-state index in [-0.39, 0.29) is 36.2 Å². The van der Waals surface area contributed by atoms with Crippen molar-refractivity contribution in [3.8, 4) is 90.1 Å². The Balaban J connectivity index is 1.51. The van der Waals surface area contributed by atoms with Gasteiger partial charge in [0.05, 0.1) is 7.14 Å². The summed E-state index contributed by atoms with van der Waals surface area (Å²) in [5, 5.41) is 0. The van der Waals surface area contributed by atoms with Gasteiger partial charge in [0.2, 0.25) is 0 Å². The van der Waals surface area contributed by atoms with Crippen LogP contribution < -0.4 is 28.4 Å². The number of carbonyl (C=O) groups excluding carboxylic acids is 6. The molecule has 20 heteroatoms. The lowest BCUT2D eigenvalue weighted by Crippen LogP contribution is -2.27. The van der Waals surface area contributed by atoms with Crippen molar-refractivity contribution >= 4 is 81.0 Å². The molecule has 0 radical (unpaired) electrons. The second kappa shape index (κ2) is 30.4. The summed E-state index contributed by atoms with van der Waals surface area (Å²) in [6.45, 7) is 29.1. The fourth-order valence-corrected chi connectivity index (χ4v) is 9.79. The first-order valence-electron chi connectivity index (χ1n) is 29.8. The van der Waals surface area contributed by atoms with E-state index in [9.17, 15) is 28.8 Å². The lowest BCUT2D eigenvalue weighted by Gasteiger charge is -2.22. The summed E-state index contributed by atoms with van der Waals surface area (Å²) >= 11 is 4.26. The second-order valence-electron chi connectivity index (χ2n) is 27.4. The predicted molar refractivity (Wildman–Crippen MR) is 367 cm³/mol.